The Kier molecular flexibility index (Phi) is 8.29. The molecule has 0 unspecified atom stereocenters. The first-order valence-electron chi connectivity index (χ1n) is 11.3. The Morgan fingerprint density at radius 3 is 2.55 bits per heavy atom. The quantitative estimate of drug-likeness (QED) is 0.669. The van der Waals surface area contributed by atoms with Gasteiger partial charge in [0.05, 0.1) is 5.69 Å². The zero-order valence-electron chi connectivity index (χ0n) is 19.0. The number of aryl methyl sites for hydroxylation is 1. The maximum absolute atomic E-state index is 12.4. The summed E-state index contributed by atoms with van der Waals surface area (Å²) in [5, 5.41) is 3.07. The lowest BCUT2D eigenvalue weighted by atomic mass is 10.0. The zero-order chi connectivity index (χ0) is 22.2. The van der Waals surface area contributed by atoms with Gasteiger partial charge in [-0.25, -0.2) is 0 Å². The highest BCUT2D eigenvalue weighted by molar-refractivity contribution is 5.77. The van der Waals surface area contributed by atoms with Crippen molar-refractivity contribution in [3.63, 3.8) is 0 Å². The molecule has 0 aliphatic carbocycles. The number of amides is 1. The number of aromatic nitrogens is 1. The van der Waals surface area contributed by atoms with Crippen LogP contribution in [-0.4, -0.2) is 41.1 Å². The van der Waals surface area contributed by atoms with Gasteiger partial charge in [0.25, 0.3) is 5.91 Å². The van der Waals surface area contributed by atoms with E-state index in [-0.39, 0.29) is 29.7 Å². The van der Waals surface area contributed by atoms with Gasteiger partial charge in [0.15, 0.2) is 12.4 Å². The van der Waals surface area contributed by atoms with Crippen LogP contribution >= 0.6 is 0 Å². The third-order valence-electron chi connectivity index (χ3n) is 5.89. The molecule has 1 aromatic heterocycles. The normalized spacial score (nSPS) is 15.2. The molecule has 1 aliphatic rings. The lowest BCUT2D eigenvalue weighted by Crippen LogP contribution is -2.45. The topological polar surface area (TPSA) is 63.6 Å². The van der Waals surface area contributed by atoms with Gasteiger partial charge in [-0.3, -0.25) is 14.5 Å². The van der Waals surface area contributed by atoms with Crippen LogP contribution in [0.25, 0.3) is 0 Å². The molecule has 1 saturated heterocycles. The molecular weight excluding hydrogens is 390 g/mol. The molecule has 0 saturated carbocycles. The number of nitrogens with one attached hydrogen (secondary N) is 1. The molecule has 3 rings (SSSR count). The molecule has 0 bridgehead atoms. The van der Waals surface area contributed by atoms with Crippen molar-refractivity contribution in [3.05, 3.63) is 64.1 Å². The lowest BCUT2D eigenvalue weighted by molar-refractivity contribution is -0.124. The number of ether oxygens (including phenoxy) is 1. The van der Waals surface area contributed by atoms with E-state index >= 15 is 0 Å². The molecule has 1 fully saturated rings. The van der Waals surface area contributed by atoms with Crippen molar-refractivity contribution >= 4 is 5.91 Å². The second kappa shape index (κ2) is 11.1. The van der Waals surface area contributed by atoms with E-state index in [2.05, 4.69) is 48.3 Å². The SMILES string of the molecule is Cc1c(OCC(=O)NC2CCN(Cc3ccccc3)CC2)c(=O)ccn1CCC(C)C. The molecule has 6 heteroatoms. The molecular formula is C25H35N3O3. The first-order chi connectivity index (χ1) is 14.9. The molecule has 0 spiro atoms. The second-order valence-corrected chi connectivity index (χ2v) is 8.86. The monoisotopic (exact) mass is 425 g/mol. The van der Waals surface area contributed by atoms with Gasteiger partial charge in [-0.05, 0) is 37.7 Å². The summed E-state index contributed by atoms with van der Waals surface area (Å²) in [6.45, 7) is 9.77. The molecule has 31 heavy (non-hydrogen) atoms. The zero-order valence-corrected chi connectivity index (χ0v) is 19.0. The number of benzene rings is 1. The van der Waals surface area contributed by atoms with Crippen LogP contribution < -0.4 is 15.5 Å². The average molecular weight is 426 g/mol. The first-order valence-corrected chi connectivity index (χ1v) is 11.3. The summed E-state index contributed by atoms with van der Waals surface area (Å²) in [7, 11) is 0. The summed E-state index contributed by atoms with van der Waals surface area (Å²) in [4.78, 5) is 27.1. The second-order valence-electron chi connectivity index (χ2n) is 8.86. The third-order valence-corrected chi connectivity index (χ3v) is 5.89. The summed E-state index contributed by atoms with van der Waals surface area (Å²) in [5.41, 5.74) is 1.91. The van der Waals surface area contributed by atoms with Crippen molar-refractivity contribution in [2.75, 3.05) is 19.7 Å². The number of rotatable bonds is 9. The van der Waals surface area contributed by atoms with Crippen LogP contribution in [0.15, 0.2) is 47.4 Å². The van der Waals surface area contributed by atoms with E-state index < -0.39 is 0 Å². The molecule has 168 valence electrons. The van der Waals surface area contributed by atoms with Gasteiger partial charge in [-0.2, -0.15) is 0 Å². The van der Waals surface area contributed by atoms with Gasteiger partial charge < -0.3 is 14.6 Å². The average Bonchev–Trinajstić information content (AvgIpc) is 2.75. The van der Waals surface area contributed by atoms with Crippen molar-refractivity contribution < 1.29 is 9.53 Å². The number of hydrogen-bond acceptors (Lipinski definition) is 4. The minimum absolute atomic E-state index is 0.130. The van der Waals surface area contributed by atoms with Crippen LogP contribution in [0, 0.1) is 12.8 Å². The number of hydrogen-bond donors (Lipinski definition) is 1. The van der Waals surface area contributed by atoms with E-state index in [1.807, 2.05) is 17.6 Å². The summed E-state index contributed by atoms with van der Waals surface area (Å²) >= 11 is 0. The predicted molar refractivity (Wildman–Crippen MR) is 123 cm³/mol. The highest BCUT2D eigenvalue weighted by atomic mass is 16.5. The van der Waals surface area contributed by atoms with E-state index in [0.717, 1.165) is 51.1 Å². The minimum Gasteiger partial charge on any atom is -0.478 e. The van der Waals surface area contributed by atoms with Crippen molar-refractivity contribution in [1.82, 2.24) is 14.8 Å². The van der Waals surface area contributed by atoms with Crippen molar-refractivity contribution in [3.8, 4) is 5.75 Å². The predicted octanol–water partition coefficient (Wildman–Crippen LogP) is 3.36. The molecule has 0 atom stereocenters. The van der Waals surface area contributed by atoms with Crippen molar-refractivity contribution in [2.45, 2.75) is 59.2 Å². The van der Waals surface area contributed by atoms with E-state index in [4.69, 9.17) is 4.74 Å². The Hall–Kier alpha value is -2.60. The minimum atomic E-state index is -0.180. The Bertz CT molecular complexity index is 900. The fourth-order valence-corrected chi connectivity index (χ4v) is 3.95. The van der Waals surface area contributed by atoms with Crippen LogP contribution in [0.2, 0.25) is 0 Å². The van der Waals surface area contributed by atoms with Crippen LogP contribution in [0.3, 0.4) is 0 Å². The van der Waals surface area contributed by atoms with E-state index in [1.54, 1.807) is 6.20 Å². The highest BCUT2D eigenvalue weighted by Gasteiger charge is 2.21. The Morgan fingerprint density at radius 1 is 1.16 bits per heavy atom. The molecule has 2 aromatic rings. The van der Waals surface area contributed by atoms with Crippen LogP contribution in [0.5, 0.6) is 5.75 Å². The summed E-state index contributed by atoms with van der Waals surface area (Å²) in [6, 6.07) is 12.1. The van der Waals surface area contributed by atoms with Gasteiger partial charge in [0.1, 0.15) is 0 Å². The van der Waals surface area contributed by atoms with Crippen LogP contribution in [0.1, 0.15) is 44.4 Å². The number of carbonyl (C=O) groups excluding carboxylic acids is 1. The Balaban J connectivity index is 1.45. The third kappa shape index (κ3) is 6.96. The van der Waals surface area contributed by atoms with Gasteiger partial charge in [-0.1, -0.05) is 44.2 Å². The molecule has 6 nitrogen and oxygen atoms in total. The number of pyridine rings is 1. The number of piperidine rings is 1. The Morgan fingerprint density at radius 2 is 1.87 bits per heavy atom. The molecule has 1 N–H and O–H groups in total. The molecule has 1 aliphatic heterocycles. The lowest BCUT2D eigenvalue weighted by Gasteiger charge is -2.32. The largest absolute Gasteiger partial charge is 0.478 e. The Labute approximate surface area is 185 Å². The van der Waals surface area contributed by atoms with E-state index in [9.17, 15) is 9.59 Å². The van der Waals surface area contributed by atoms with Gasteiger partial charge in [0.2, 0.25) is 5.43 Å². The fourth-order valence-electron chi connectivity index (χ4n) is 3.95. The van der Waals surface area contributed by atoms with Gasteiger partial charge in [-0.15, -0.1) is 0 Å². The van der Waals surface area contributed by atoms with Gasteiger partial charge >= 0.3 is 0 Å². The van der Waals surface area contributed by atoms with E-state index in [0.29, 0.717) is 5.92 Å². The van der Waals surface area contributed by atoms with Crippen molar-refractivity contribution in [2.24, 2.45) is 5.92 Å². The number of carbonyl (C=O) groups is 1. The number of nitrogens with zero attached hydrogens (tertiary/aromatic N) is 2. The molecule has 0 radical (unpaired) electrons. The summed E-state index contributed by atoms with van der Waals surface area (Å²) in [6.07, 6.45) is 4.67. The smallest absolute Gasteiger partial charge is 0.258 e. The first kappa shape index (κ1) is 23.1. The van der Waals surface area contributed by atoms with Crippen LogP contribution in [-0.2, 0) is 17.9 Å². The molecule has 2 heterocycles. The maximum Gasteiger partial charge on any atom is 0.258 e. The van der Waals surface area contributed by atoms with E-state index in [1.165, 1.54) is 11.6 Å². The number of likely N-dealkylation sites (tertiary alicyclic amines) is 1. The fraction of sp³-hybridized carbons (Fsp3) is 0.520. The van der Waals surface area contributed by atoms with Gasteiger partial charge in [0, 0.05) is 44.5 Å². The van der Waals surface area contributed by atoms with Crippen molar-refractivity contribution in [1.29, 1.82) is 0 Å². The molecule has 1 aromatic carbocycles. The van der Waals surface area contributed by atoms with Crippen LogP contribution in [0.4, 0.5) is 0 Å². The maximum atomic E-state index is 12.4. The summed E-state index contributed by atoms with van der Waals surface area (Å²) in [5.74, 6) is 0.685. The molecule has 1 amide bonds. The summed E-state index contributed by atoms with van der Waals surface area (Å²) < 4.78 is 7.69. The standard InChI is InChI=1S/C25H35N3O3/c1-19(2)9-15-28-16-12-23(29)25(20(28)3)31-18-24(30)26-22-10-13-27(14-11-22)17-21-7-5-4-6-8-21/h4-8,12,16,19,22H,9-11,13-15,17-18H2,1-3H3,(H,26,30). The highest BCUT2D eigenvalue weighted by Crippen LogP contribution is 2.15.